The Labute approximate surface area is 117 Å². The fourth-order valence-electron chi connectivity index (χ4n) is 1.74. The van der Waals surface area contributed by atoms with Crippen molar-refractivity contribution in [2.45, 2.75) is 32.2 Å². The largest absolute Gasteiger partial charge is 0.497 e. The van der Waals surface area contributed by atoms with Crippen molar-refractivity contribution in [3.63, 3.8) is 0 Å². The molecule has 0 bridgehead atoms. The number of methoxy groups -OCH3 is 1. The number of rotatable bonds is 7. The first-order valence-corrected chi connectivity index (χ1v) is 6.40. The molecular formula is C14H20N2O4. The zero-order valence-corrected chi connectivity index (χ0v) is 11.7. The van der Waals surface area contributed by atoms with E-state index in [9.17, 15) is 9.59 Å². The van der Waals surface area contributed by atoms with Crippen LogP contribution in [0.3, 0.4) is 0 Å². The van der Waals surface area contributed by atoms with Crippen molar-refractivity contribution in [2.24, 2.45) is 5.73 Å². The minimum Gasteiger partial charge on any atom is -0.497 e. The number of hydrogen-bond acceptors (Lipinski definition) is 4. The third kappa shape index (κ3) is 4.89. The number of aromatic carboxylic acids is 1. The van der Waals surface area contributed by atoms with Crippen molar-refractivity contribution >= 4 is 17.6 Å². The van der Waals surface area contributed by atoms with Crippen LogP contribution in [-0.2, 0) is 4.79 Å². The normalized spacial score (nSPS) is 11.8. The molecule has 0 heterocycles. The Morgan fingerprint density at radius 3 is 2.70 bits per heavy atom. The summed E-state index contributed by atoms with van der Waals surface area (Å²) in [5.74, 6) is -0.846. The zero-order valence-electron chi connectivity index (χ0n) is 11.7. The number of nitrogens with two attached hydrogens (primary N) is 1. The van der Waals surface area contributed by atoms with E-state index in [-0.39, 0.29) is 23.2 Å². The van der Waals surface area contributed by atoms with Crippen LogP contribution in [0.25, 0.3) is 0 Å². The molecule has 1 aromatic rings. The second kappa shape index (κ2) is 7.49. The van der Waals surface area contributed by atoms with Gasteiger partial charge in [-0.1, -0.05) is 0 Å². The maximum absolute atomic E-state index is 11.8. The summed E-state index contributed by atoms with van der Waals surface area (Å²) in [5, 5.41) is 11.7. The first kappa shape index (κ1) is 16.0. The molecule has 0 aliphatic rings. The SMILES string of the molecule is COc1ccc(C(=O)O)c(NC(=O)CCCC(C)N)c1. The van der Waals surface area contributed by atoms with Crippen LogP contribution in [-0.4, -0.2) is 30.1 Å². The van der Waals surface area contributed by atoms with Crippen LogP contribution in [0.2, 0.25) is 0 Å². The van der Waals surface area contributed by atoms with Gasteiger partial charge in [0.05, 0.1) is 18.4 Å². The summed E-state index contributed by atoms with van der Waals surface area (Å²) in [6.07, 6.45) is 1.71. The molecule has 1 aromatic carbocycles. The zero-order chi connectivity index (χ0) is 15.1. The van der Waals surface area contributed by atoms with E-state index in [1.807, 2.05) is 6.92 Å². The van der Waals surface area contributed by atoms with Crippen LogP contribution in [0.5, 0.6) is 5.75 Å². The predicted molar refractivity (Wildman–Crippen MR) is 76.1 cm³/mol. The summed E-state index contributed by atoms with van der Waals surface area (Å²) in [6.45, 7) is 1.88. The number of ether oxygens (including phenoxy) is 1. The first-order chi connectivity index (χ1) is 9.43. The van der Waals surface area contributed by atoms with Gasteiger partial charge in [-0.05, 0) is 31.9 Å². The number of carboxylic acids is 1. The summed E-state index contributed by atoms with van der Waals surface area (Å²) in [7, 11) is 1.48. The van der Waals surface area contributed by atoms with Gasteiger partial charge in [-0.2, -0.15) is 0 Å². The van der Waals surface area contributed by atoms with Crippen molar-refractivity contribution in [1.82, 2.24) is 0 Å². The molecule has 4 N–H and O–H groups in total. The molecule has 0 spiro atoms. The van der Waals surface area contributed by atoms with Gasteiger partial charge in [0.1, 0.15) is 5.75 Å². The Balaban J connectivity index is 2.74. The molecule has 0 saturated heterocycles. The van der Waals surface area contributed by atoms with Crippen LogP contribution in [0.4, 0.5) is 5.69 Å². The maximum Gasteiger partial charge on any atom is 0.337 e. The van der Waals surface area contributed by atoms with Crippen molar-refractivity contribution < 1.29 is 19.4 Å². The number of amides is 1. The van der Waals surface area contributed by atoms with Crippen molar-refractivity contribution in [3.05, 3.63) is 23.8 Å². The third-order valence-electron chi connectivity index (χ3n) is 2.79. The number of carboxylic acid groups (broad SMARTS) is 1. The fraction of sp³-hybridized carbons (Fsp3) is 0.429. The molecule has 20 heavy (non-hydrogen) atoms. The Bertz CT molecular complexity index is 486. The second-order valence-electron chi connectivity index (χ2n) is 4.63. The molecule has 110 valence electrons. The van der Waals surface area contributed by atoms with Gasteiger partial charge in [0.25, 0.3) is 0 Å². The molecule has 1 atom stereocenters. The minimum absolute atomic E-state index is 0.0337. The molecule has 0 fully saturated rings. The lowest BCUT2D eigenvalue weighted by Gasteiger charge is -2.10. The van der Waals surface area contributed by atoms with Gasteiger partial charge in [-0.3, -0.25) is 4.79 Å². The quantitative estimate of drug-likeness (QED) is 0.707. The lowest BCUT2D eigenvalue weighted by molar-refractivity contribution is -0.116. The highest BCUT2D eigenvalue weighted by molar-refractivity contribution is 6.00. The average Bonchev–Trinajstić information content (AvgIpc) is 2.37. The van der Waals surface area contributed by atoms with Crippen LogP contribution in [0.1, 0.15) is 36.5 Å². The average molecular weight is 280 g/mol. The molecule has 1 rings (SSSR count). The van der Waals surface area contributed by atoms with Gasteiger partial charge in [0.15, 0.2) is 0 Å². The van der Waals surface area contributed by atoms with E-state index in [1.54, 1.807) is 0 Å². The molecule has 0 saturated carbocycles. The third-order valence-corrected chi connectivity index (χ3v) is 2.79. The second-order valence-corrected chi connectivity index (χ2v) is 4.63. The van der Waals surface area contributed by atoms with E-state index < -0.39 is 5.97 Å². The van der Waals surface area contributed by atoms with Crippen molar-refractivity contribution in [1.29, 1.82) is 0 Å². The molecule has 6 heteroatoms. The molecule has 1 unspecified atom stereocenters. The molecule has 0 radical (unpaired) electrons. The summed E-state index contributed by atoms with van der Waals surface area (Å²) < 4.78 is 5.02. The highest BCUT2D eigenvalue weighted by Gasteiger charge is 2.13. The standard InChI is InChI=1S/C14H20N2O4/c1-9(15)4-3-5-13(17)16-12-8-10(20-2)6-7-11(12)14(18)19/h6-9H,3-5,15H2,1-2H3,(H,16,17)(H,18,19). The summed E-state index contributed by atoms with van der Waals surface area (Å²) in [6, 6.07) is 4.48. The number of benzene rings is 1. The summed E-state index contributed by atoms with van der Waals surface area (Å²) in [5.41, 5.74) is 5.88. The van der Waals surface area contributed by atoms with Gasteiger partial charge in [-0.25, -0.2) is 4.79 Å². The van der Waals surface area contributed by atoms with Gasteiger partial charge < -0.3 is 20.9 Å². The Kier molecular flexibility index (Phi) is 5.99. The predicted octanol–water partition coefficient (Wildman–Crippen LogP) is 1.85. The van der Waals surface area contributed by atoms with Crippen LogP contribution in [0, 0.1) is 0 Å². The molecule has 0 aliphatic heterocycles. The maximum atomic E-state index is 11.8. The van der Waals surface area contributed by atoms with Gasteiger partial charge in [0, 0.05) is 18.5 Å². The van der Waals surface area contributed by atoms with Gasteiger partial charge in [-0.15, -0.1) is 0 Å². The fourth-order valence-corrected chi connectivity index (χ4v) is 1.74. The van der Waals surface area contributed by atoms with E-state index in [2.05, 4.69) is 5.32 Å². The lowest BCUT2D eigenvalue weighted by atomic mass is 10.1. The topological polar surface area (TPSA) is 102 Å². The monoisotopic (exact) mass is 280 g/mol. The van der Waals surface area contributed by atoms with E-state index in [0.717, 1.165) is 6.42 Å². The van der Waals surface area contributed by atoms with E-state index in [1.165, 1.54) is 25.3 Å². The number of anilines is 1. The molecule has 0 aromatic heterocycles. The Morgan fingerprint density at radius 2 is 2.15 bits per heavy atom. The van der Waals surface area contributed by atoms with Crippen molar-refractivity contribution in [2.75, 3.05) is 12.4 Å². The Morgan fingerprint density at radius 1 is 1.45 bits per heavy atom. The van der Waals surface area contributed by atoms with Crippen LogP contribution < -0.4 is 15.8 Å². The van der Waals surface area contributed by atoms with Crippen LogP contribution >= 0.6 is 0 Å². The van der Waals surface area contributed by atoms with E-state index in [0.29, 0.717) is 18.6 Å². The van der Waals surface area contributed by atoms with Crippen molar-refractivity contribution in [3.8, 4) is 5.75 Å². The number of carbonyl (C=O) groups is 2. The van der Waals surface area contributed by atoms with Gasteiger partial charge >= 0.3 is 5.97 Å². The van der Waals surface area contributed by atoms with Gasteiger partial charge in [0.2, 0.25) is 5.91 Å². The molecular weight excluding hydrogens is 260 g/mol. The van der Waals surface area contributed by atoms with E-state index in [4.69, 9.17) is 15.6 Å². The molecule has 6 nitrogen and oxygen atoms in total. The molecule has 1 amide bonds. The molecule has 0 aliphatic carbocycles. The van der Waals surface area contributed by atoms with Crippen LogP contribution in [0.15, 0.2) is 18.2 Å². The smallest absolute Gasteiger partial charge is 0.337 e. The minimum atomic E-state index is -1.10. The summed E-state index contributed by atoms with van der Waals surface area (Å²) in [4.78, 5) is 22.9. The number of carbonyl (C=O) groups excluding carboxylic acids is 1. The summed E-state index contributed by atoms with van der Waals surface area (Å²) >= 11 is 0. The highest BCUT2D eigenvalue weighted by Crippen LogP contribution is 2.23. The van der Waals surface area contributed by atoms with E-state index >= 15 is 0 Å². The lowest BCUT2D eigenvalue weighted by Crippen LogP contribution is -2.17. The number of hydrogen-bond donors (Lipinski definition) is 3. The Hall–Kier alpha value is -2.08. The number of nitrogens with one attached hydrogen (secondary N) is 1. The highest BCUT2D eigenvalue weighted by atomic mass is 16.5. The first-order valence-electron chi connectivity index (χ1n) is 6.40.